The quantitative estimate of drug-likeness (QED) is 0.603. The van der Waals surface area contributed by atoms with Gasteiger partial charge in [0.05, 0.1) is 6.10 Å². The van der Waals surface area contributed by atoms with Gasteiger partial charge in [-0.15, -0.1) is 0 Å². The van der Waals surface area contributed by atoms with Crippen LogP contribution >= 0.6 is 0 Å². The van der Waals surface area contributed by atoms with E-state index in [4.69, 9.17) is 4.74 Å². The first-order valence-corrected chi connectivity index (χ1v) is 4.61. The molecule has 0 aromatic carbocycles. The largest absolute Gasteiger partial charge is 0.367 e. The minimum absolute atomic E-state index is 0.139. The second-order valence-corrected chi connectivity index (χ2v) is 4.63. The molecule has 0 spiro atoms. The summed E-state index contributed by atoms with van der Waals surface area (Å²) in [6.45, 7) is 7.86. The lowest BCUT2D eigenvalue weighted by molar-refractivity contribution is -0.137. The number of Topliss-reactive ketones (excluding diaryl/α,β-unsaturated/α-hetero) is 1. The number of ketones is 1. The monoisotopic (exact) mass is 170 g/mol. The van der Waals surface area contributed by atoms with E-state index in [2.05, 4.69) is 0 Å². The van der Waals surface area contributed by atoms with Crippen LogP contribution in [-0.4, -0.2) is 18.0 Å². The molecule has 1 rings (SSSR count). The van der Waals surface area contributed by atoms with E-state index < -0.39 is 0 Å². The summed E-state index contributed by atoms with van der Waals surface area (Å²) in [4.78, 5) is 11.7. The van der Waals surface area contributed by atoms with E-state index in [0.717, 1.165) is 12.8 Å². The number of hydrogen-bond acceptors (Lipinski definition) is 2. The molecule has 2 heteroatoms. The molecule has 0 radical (unpaired) electrons. The summed E-state index contributed by atoms with van der Waals surface area (Å²) in [6, 6.07) is 0. The first-order valence-electron chi connectivity index (χ1n) is 4.61. The van der Waals surface area contributed by atoms with Crippen LogP contribution in [0.25, 0.3) is 0 Å². The van der Waals surface area contributed by atoms with Crippen molar-refractivity contribution in [1.82, 2.24) is 0 Å². The third-order valence-corrected chi connectivity index (χ3v) is 2.26. The molecule has 2 nitrogen and oxygen atoms in total. The molecule has 0 aromatic rings. The predicted molar refractivity (Wildman–Crippen MR) is 48.0 cm³/mol. The molecule has 1 heterocycles. The zero-order valence-corrected chi connectivity index (χ0v) is 8.39. The molecule has 1 aliphatic rings. The molecule has 1 saturated heterocycles. The lowest BCUT2D eigenvalue weighted by Crippen LogP contribution is -2.32. The van der Waals surface area contributed by atoms with Crippen LogP contribution in [0.3, 0.4) is 0 Å². The van der Waals surface area contributed by atoms with E-state index in [9.17, 15) is 4.79 Å². The van der Waals surface area contributed by atoms with Crippen molar-refractivity contribution in [3.8, 4) is 0 Å². The van der Waals surface area contributed by atoms with Gasteiger partial charge in [-0.05, 0) is 19.8 Å². The minimum Gasteiger partial charge on any atom is -0.367 e. The van der Waals surface area contributed by atoms with Crippen LogP contribution in [0.5, 0.6) is 0 Å². The Hall–Kier alpha value is -0.370. The lowest BCUT2D eigenvalue weighted by atomic mass is 9.87. The second kappa shape index (κ2) is 3.17. The molecule has 2 atom stereocenters. The fourth-order valence-electron chi connectivity index (χ4n) is 1.48. The van der Waals surface area contributed by atoms with E-state index in [1.165, 1.54) is 0 Å². The van der Waals surface area contributed by atoms with E-state index in [1.54, 1.807) is 0 Å². The molecular weight excluding hydrogens is 152 g/mol. The van der Waals surface area contributed by atoms with Gasteiger partial charge in [-0.3, -0.25) is 4.79 Å². The molecule has 0 N–H and O–H groups in total. The molecule has 0 saturated carbocycles. The zero-order chi connectivity index (χ0) is 9.35. The Labute approximate surface area is 74.3 Å². The number of carbonyl (C=O) groups is 1. The second-order valence-electron chi connectivity index (χ2n) is 4.63. The Kier molecular flexibility index (Phi) is 2.57. The minimum atomic E-state index is -0.255. The number of ether oxygens (including phenoxy) is 1. The molecule has 2 unspecified atom stereocenters. The van der Waals surface area contributed by atoms with Gasteiger partial charge in [0, 0.05) is 5.41 Å². The predicted octanol–water partition coefficient (Wildman–Crippen LogP) is 2.17. The van der Waals surface area contributed by atoms with E-state index in [-0.39, 0.29) is 23.4 Å². The lowest BCUT2D eigenvalue weighted by Gasteiger charge is -2.21. The first-order chi connectivity index (χ1) is 5.41. The SMILES string of the molecule is CC1CCC(C(=O)C(C)(C)C)O1. The van der Waals surface area contributed by atoms with Gasteiger partial charge in [-0.1, -0.05) is 20.8 Å². The standard InChI is InChI=1S/C10H18O2/c1-7-5-6-8(12-7)9(11)10(2,3)4/h7-8H,5-6H2,1-4H3. The maximum Gasteiger partial charge on any atom is 0.166 e. The van der Waals surface area contributed by atoms with Crippen molar-refractivity contribution >= 4 is 5.78 Å². The van der Waals surface area contributed by atoms with Crippen LogP contribution in [0.1, 0.15) is 40.5 Å². The van der Waals surface area contributed by atoms with Crippen LogP contribution in [0, 0.1) is 5.41 Å². The highest BCUT2D eigenvalue weighted by atomic mass is 16.5. The molecule has 1 fully saturated rings. The van der Waals surface area contributed by atoms with Gasteiger partial charge < -0.3 is 4.74 Å². The number of hydrogen-bond donors (Lipinski definition) is 0. The van der Waals surface area contributed by atoms with Crippen LogP contribution in [0.2, 0.25) is 0 Å². The highest BCUT2D eigenvalue weighted by Crippen LogP contribution is 2.27. The third-order valence-electron chi connectivity index (χ3n) is 2.26. The molecule has 0 amide bonds. The fourth-order valence-corrected chi connectivity index (χ4v) is 1.48. The van der Waals surface area contributed by atoms with Gasteiger partial charge in [-0.2, -0.15) is 0 Å². The van der Waals surface area contributed by atoms with Gasteiger partial charge in [-0.25, -0.2) is 0 Å². The maximum absolute atomic E-state index is 11.7. The number of carbonyl (C=O) groups excluding carboxylic acids is 1. The highest BCUT2D eigenvalue weighted by Gasteiger charge is 2.34. The van der Waals surface area contributed by atoms with E-state index in [1.807, 2.05) is 27.7 Å². The third kappa shape index (κ3) is 2.07. The van der Waals surface area contributed by atoms with Crippen LogP contribution < -0.4 is 0 Å². The van der Waals surface area contributed by atoms with Crippen molar-refractivity contribution in [2.45, 2.75) is 52.7 Å². The van der Waals surface area contributed by atoms with Gasteiger partial charge in [0.15, 0.2) is 5.78 Å². The fraction of sp³-hybridized carbons (Fsp3) is 0.900. The first kappa shape index (κ1) is 9.72. The molecule has 12 heavy (non-hydrogen) atoms. The summed E-state index contributed by atoms with van der Waals surface area (Å²) in [5.74, 6) is 0.242. The summed E-state index contributed by atoms with van der Waals surface area (Å²) in [6.07, 6.45) is 2.05. The average molecular weight is 170 g/mol. The normalized spacial score (nSPS) is 30.7. The van der Waals surface area contributed by atoms with E-state index in [0.29, 0.717) is 0 Å². The number of rotatable bonds is 1. The van der Waals surface area contributed by atoms with Gasteiger partial charge in [0.1, 0.15) is 6.10 Å². The molecule has 70 valence electrons. The highest BCUT2D eigenvalue weighted by molar-refractivity contribution is 5.88. The Morgan fingerprint density at radius 2 is 1.92 bits per heavy atom. The van der Waals surface area contributed by atoms with Crippen molar-refractivity contribution in [2.75, 3.05) is 0 Å². The van der Waals surface area contributed by atoms with Crippen molar-refractivity contribution in [3.63, 3.8) is 0 Å². The van der Waals surface area contributed by atoms with Gasteiger partial charge >= 0.3 is 0 Å². The summed E-state index contributed by atoms with van der Waals surface area (Å²) in [7, 11) is 0. The Balaban J connectivity index is 2.55. The van der Waals surface area contributed by atoms with Crippen molar-refractivity contribution < 1.29 is 9.53 Å². The summed E-state index contributed by atoms with van der Waals surface area (Å²) >= 11 is 0. The Bertz CT molecular complexity index is 179. The molecular formula is C10H18O2. The van der Waals surface area contributed by atoms with Gasteiger partial charge in [0.25, 0.3) is 0 Å². The van der Waals surface area contributed by atoms with Gasteiger partial charge in [0.2, 0.25) is 0 Å². The Morgan fingerprint density at radius 1 is 1.33 bits per heavy atom. The molecule has 0 bridgehead atoms. The molecule has 0 aromatic heterocycles. The smallest absolute Gasteiger partial charge is 0.166 e. The molecule has 1 aliphatic heterocycles. The molecule has 0 aliphatic carbocycles. The van der Waals surface area contributed by atoms with Crippen LogP contribution in [-0.2, 0) is 9.53 Å². The average Bonchev–Trinajstić information content (AvgIpc) is 2.32. The van der Waals surface area contributed by atoms with Crippen molar-refractivity contribution in [1.29, 1.82) is 0 Å². The Morgan fingerprint density at radius 3 is 2.25 bits per heavy atom. The maximum atomic E-state index is 11.7. The zero-order valence-electron chi connectivity index (χ0n) is 8.39. The van der Waals surface area contributed by atoms with Crippen LogP contribution in [0.15, 0.2) is 0 Å². The van der Waals surface area contributed by atoms with E-state index >= 15 is 0 Å². The summed E-state index contributed by atoms with van der Waals surface area (Å²) < 4.78 is 5.50. The summed E-state index contributed by atoms with van der Waals surface area (Å²) in [5.41, 5.74) is -0.255. The van der Waals surface area contributed by atoms with Crippen molar-refractivity contribution in [2.24, 2.45) is 5.41 Å². The van der Waals surface area contributed by atoms with Crippen molar-refractivity contribution in [3.05, 3.63) is 0 Å². The summed E-state index contributed by atoms with van der Waals surface area (Å²) in [5, 5.41) is 0. The van der Waals surface area contributed by atoms with Crippen LogP contribution in [0.4, 0.5) is 0 Å². The topological polar surface area (TPSA) is 26.3 Å².